The number of amides is 1. The van der Waals surface area contributed by atoms with Gasteiger partial charge in [-0.3, -0.25) is 9.69 Å². The van der Waals surface area contributed by atoms with Crippen molar-refractivity contribution >= 4 is 16.1 Å². The molecule has 0 aromatic carbocycles. The first-order chi connectivity index (χ1) is 9.93. The van der Waals surface area contributed by atoms with Crippen LogP contribution in [-0.2, 0) is 15.0 Å². The lowest BCUT2D eigenvalue weighted by Gasteiger charge is -2.38. The maximum atomic E-state index is 12.6. The van der Waals surface area contributed by atoms with Gasteiger partial charge >= 0.3 is 0 Å². The van der Waals surface area contributed by atoms with E-state index in [0.29, 0.717) is 39.3 Å². The summed E-state index contributed by atoms with van der Waals surface area (Å²) in [6.45, 7) is 4.98. The molecule has 2 saturated heterocycles. The van der Waals surface area contributed by atoms with Crippen molar-refractivity contribution in [1.82, 2.24) is 13.5 Å². The van der Waals surface area contributed by atoms with Crippen molar-refractivity contribution in [1.29, 1.82) is 0 Å². The van der Waals surface area contributed by atoms with E-state index in [1.807, 2.05) is 4.90 Å². The molecule has 2 fully saturated rings. The molecule has 2 aliphatic heterocycles. The Morgan fingerprint density at radius 2 is 1.38 bits per heavy atom. The molecule has 0 unspecified atom stereocenters. The monoisotopic (exact) mass is 318 g/mol. The zero-order valence-electron chi connectivity index (χ0n) is 12.7. The SMILES string of the molecule is C[C@H](C(N)=O)N1CCN(S(=O)(=O)N2CCCCCC2)CC1. The average Bonchev–Trinajstić information content (AvgIpc) is 2.76. The number of carbonyl (C=O) groups excluding carboxylic acids is 1. The highest BCUT2D eigenvalue weighted by molar-refractivity contribution is 7.86. The predicted molar refractivity (Wildman–Crippen MR) is 80.8 cm³/mol. The molecule has 0 bridgehead atoms. The summed E-state index contributed by atoms with van der Waals surface area (Å²) in [7, 11) is -3.35. The van der Waals surface area contributed by atoms with Crippen LogP contribution < -0.4 is 5.73 Å². The van der Waals surface area contributed by atoms with Gasteiger partial charge in [0.15, 0.2) is 0 Å². The van der Waals surface area contributed by atoms with Crippen molar-refractivity contribution in [2.45, 2.75) is 38.6 Å². The molecule has 2 N–H and O–H groups in total. The van der Waals surface area contributed by atoms with Gasteiger partial charge in [0.2, 0.25) is 5.91 Å². The molecule has 0 aromatic rings. The fourth-order valence-corrected chi connectivity index (χ4v) is 4.61. The normalized spacial score (nSPS) is 25.4. The molecule has 1 atom stereocenters. The van der Waals surface area contributed by atoms with Crippen molar-refractivity contribution in [3.05, 3.63) is 0 Å². The molecular weight excluding hydrogens is 292 g/mol. The van der Waals surface area contributed by atoms with Crippen LogP contribution in [0.1, 0.15) is 32.6 Å². The molecule has 122 valence electrons. The predicted octanol–water partition coefficient (Wildman–Crippen LogP) is -0.401. The second kappa shape index (κ2) is 7.04. The second-order valence-corrected chi connectivity index (χ2v) is 7.76. The van der Waals surface area contributed by atoms with Crippen LogP contribution in [0.2, 0.25) is 0 Å². The molecular formula is C13H26N4O3S. The van der Waals surface area contributed by atoms with Gasteiger partial charge < -0.3 is 5.73 Å². The average molecular weight is 318 g/mol. The van der Waals surface area contributed by atoms with Crippen LogP contribution in [0.5, 0.6) is 0 Å². The molecule has 0 aliphatic carbocycles. The summed E-state index contributed by atoms with van der Waals surface area (Å²) < 4.78 is 28.5. The number of rotatable bonds is 4. The van der Waals surface area contributed by atoms with Crippen LogP contribution in [0.4, 0.5) is 0 Å². The van der Waals surface area contributed by atoms with Crippen LogP contribution in [0.3, 0.4) is 0 Å². The first kappa shape index (κ1) is 16.7. The van der Waals surface area contributed by atoms with Crippen molar-refractivity contribution < 1.29 is 13.2 Å². The van der Waals surface area contributed by atoms with E-state index in [1.54, 1.807) is 15.5 Å². The fourth-order valence-electron chi connectivity index (χ4n) is 2.94. The van der Waals surface area contributed by atoms with Crippen LogP contribution in [0.15, 0.2) is 0 Å². The van der Waals surface area contributed by atoms with Crippen molar-refractivity contribution in [3.63, 3.8) is 0 Å². The van der Waals surface area contributed by atoms with Gasteiger partial charge in [-0.15, -0.1) is 0 Å². The van der Waals surface area contributed by atoms with Gasteiger partial charge in [0, 0.05) is 39.3 Å². The van der Waals surface area contributed by atoms with E-state index in [4.69, 9.17) is 5.73 Å². The summed E-state index contributed by atoms with van der Waals surface area (Å²) in [4.78, 5) is 13.1. The van der Waals surface area contributed by atoms with Crippen LogP contribution in [0, 0.1) is 0 Å². The van der Waals surface area contributed by atoms with Gasteiger partial charge in [-0.2, -0.15) is 17.0 Å². The summed E-state index contributed by atoms with van der Waals surface area (Å²) in [5, 5.41) is 0. The molecule has 1 amide bonds. The van der Waals surface area contributed by atoms with Crippen molar-refractivity contribution in [2.75, 3.05) is 39.3 Å². The van der Waals surface area contributed by atoms with Gasteiger partial charge in [0.1, 0.15) is 0 Å². The maximum absolute atomic E-state index is 12.6. The quantitative estimate of drug-likeness (QED) is 0.764. The highest BCUT2D eigenvalue weighted by Gasteiger charge is 2.34. The van der Waals surface area contributed by atoms with E-state index < -0.39 is 10.2 Å². The number of hydrogen-bond donors (Lipinski definition) is 1. The zero-order chi connectivity index (χ0) is 15.5. The lowest BCUT2D eigenvalue weighted by molar-refractivity contribution is -0.123. The largest absolute Gasteiger partial charge is 0.368 e. The molecule has 0 spiro atoms. The van der Waals surface area contributed by atoms with Gasteiger partial charge in [-0.25, -0.2) is 0 Å². The molecule has 0 radical (unpaired) electrons. The molecule has 2 heterocycles. The Hall–Kier alpha value is -0.700. The minimum absolute atomic E-state index is 0.340. The number of primary amides is 1. The third-order valence-electron chi connectivity index (χ3n) is 4.45. The number of hydrogen-bond acceptors (Lipinski definition) is 4. The summed E-state index contributed by atoms with van der Waals surface area (Å²) in [5.41, 5.74) is 5.30. The van der Waals surface area contributed by atoms with E-state index in [1.165, 1.54) is 0 Å². The number of nitrogens with two attached hydrogens (primary N) is 1. The summed E-state index contributed by atoms with van der Waals surface area (Å²) in [5.74, 6) is -0.362. The lowest BCUT2D eigenvalue weighted by Crippen LogP contribution is -2.56. The van der Waals surface area contributed by atoms with E-state index in [0.717, 1.165) is 25.7 Å². The first-order valence-corrected chi connectivity index (χ1v) is 9.11. The van der Waals surface area contributed by atoms with Gasteiger partial charge in [0.05, 0.1) is 6.04 Å². The number of carbonyl (C=O) groups is 1. The van der Waals surface area contributed by atoms with E-state index in [-0.39, 0.29) is 11.9 Å². The number of piperazine rings is 1. The van der Waals surface area contributed by atoms with Crippen LogP contribution in [0.25, 0.3) is 0 Å². The molecule has 0 aromatic heterocycles. The highest BCUT2D eigenvalue weighted by atomic mass is 32.2. The second-order valence-electron chi connectivity index (χ2n) is 5.83. The Labute approximate surface area is 127 Å². The fraction of sp³-hybridized carbons (Fsp3) is 0.923. The van der Waals surface area contributed by atoms with E-state index in [2.05, 4.69) is 0 Å². The molecule has 7 nitrogen and oxygen atoms in total. The lowest BCUT2D eigenvalue weighted by atomic mass is 10.2. The molecule has 2 rings (SSSR count). The first-order valence-electron chi connectivity index (χ1n) is 7.71. The van der Waals surface area contributed by atoms with Crippen LogP contribution >= 0.6 is 0 Å². The smallest absolute Gasteiger partial charge is 0.282 e. The third kappa shape index (κ3) is 3.94. The van der Waals surface area contributed by atoms with Gasteiger partial charge in [-0.05, 0) is 19.8 Å². The highest BCUT2D eigenvalue weighted by Crippen LogP contribution is 2.18. The summed E-state index contributed by atoms with van der Waals surface area (Å²) in [6, 6.07) is -0.340. The minimum Gasteiger partial charge on any atom is -0.368 e. The number of nitrogens with zero attached hydrogens (tertiary/aromatic N) is 3. The topological polar surface area (TPSA) is 87.0 Å². The summed E-state index contributed by atoms with van der Waals surface area (Å²) in [6.07, 6.45) is 4.10. The van der Waals surface area contributed by atoms with Crippen molar-refractivity contribution in [2.24, 2.45) is 5.73 Å². The van der Waals surface area contributed by atoms with E-state index >= 15 is 0 Å². The van der Waals surface area contributed by atoms with Gasteiger partial charge in [0.25, 0.3) is 10.2 Å². The Morgan fingerprint density at radius 3 is 1.86 bits per heavy atom. The Morgan fingerprint density at radius 1 is 0.905 bits per heavy atom. The Bertz CT molecular complexity index is 452. The summed E-state index contributed by atoms with van der Waals surface area (Å²) >= 11 is 0. The maximum Gasteiger partial charge on any atom is 0.282 e. The Kier molecular flexibility index (Phi) is 5.59. The molecule has 8 heteroatoms. The molecule has 0 saturated carbocycles. The minimum atomic E-state index is -3.35. The molecule has 21 heavy (non-hydrogen) atoms. The van der Waals surface area contributed by atoms with E-state index in [9.17, 15) is 13.2 Å². The Balaban J connectivity index is 1.95. The van der Waals surface area contributed by atoms with Gasteiger partial charge in [-0.1, -0.05) is 12.8 Å². The van der Waals surface area contributed by atoms with Crippen molar-refractivity contribution in [3.8, 4) is 0 Å². The van der Waals surface area contributed by atoms with Crippen LogP contribution in [-0.4, -0.2) is 73.1 Å². The zero-order valence-corrected chi connectivity index (χ0v) is 13.5. The molecule has 2 aliphatic rings. The standard InChI is InChI=1S/C13H26N4O3S/c1-12(13(14)18)15-8-10-17(11-9-15)21(19,20)16-6-4-2-3-5-7-16/h12H,2-11H2,1H3,(H2,14,18)/t12-/m1/s1. The third-order valence-corrected chi connectivity index (χ3v) is 6.49.